The zero-order valence-electron chi connectivity index (χ0n) is 10.5. The molecule has 5 nitrogen and oxygen atoms in total. The minimum Gasteiger partial charge on any atom is -0.480 e. The van der Waals surface area contributed by atoms with Crippen LogP contribution < -0.4 is 4.90 Å². The largest absolute Gasteiger partial charge is 0.480 e. The molecule has 5 heteroatoms. The normalized spacial score (nSPS) is 11.8. The summed E-state index contributed by atoms with van der Waals surface area (Å²) in [6.07, 6.45) is 1.83. The summed E-state index contributed by atoms with van der Waals surface area (Å²) in [4.78, 5) is 22.9. The number of hydrogen-bond acceptors (Lipinski definition) is 4. The number of benzene rings is 1. The maximum Gasteiger partial charge on any atom is 0.332 e. The Morgan fingerprint density at radius 1 is 1.33 bits per heavy atom. The number of aliphatic carboxylic acids is 1. The molecule has 1 atom stereocenters. The summed E-state index contributed by atoms with van der Waals surface area (Å²) in [5, 5.41) is 11.3. The fraction of sp³-hybridized carbons (Fsp3) is 0.462. The smallest absolute Gasteiger partial charge is 0.332 e. The van der Waals surface area contributed by atoms with Crippen molar-refractivity contribution in [2.45, 2.75) is 25.3 Å². The fourth-order valence-corrected chi connectivity index (χ4v) is 1.72. The molecule has 0 aliphatic carbocycles. The molecule has 0 unspecified atom stereocenters. The number of unbranched alkanes of at least 4 members (excludes halogenated alkanes) is 1. The highest BCUT2D eigenvalue weighted by molar-refractivity contribution is 5.73. The topological polar surface area (TPSA) is 70.0 Å². The Balaban J connectivity index is 2.26. The quantitative estimate of drug-likeness (QED) is 0.568. The first-order valence-electron chi connectivity index (χ1n) is 5.96. The molecular formula is C13H18N2O3. The standard InChI is InChI=1S/C13H18N2O3/c1-15(11-7-3-2-4-8-11)10-6-5-9-12(14-18)13(16)17/h2-4,7-8,12H,5-6,9-10H2,1H3,(H,16,17)/t12-/m1/s1. The van der Waals surface area contributed by atoms with E-state index in [0.717, 1.165) is 18.7 Å². The third-order valence-corrected chi connectivity index (χ3v) is 2.83. The van der Waals surface area contributed by atoms with Gasteiger partial charge in [0.1, 0.15) is 0 Å². The molecule has 0 aliphatic rings. The van der Waals surface area contributed by atoms with Gasteiger partial charge in [0.05, 0.1) is 0 Å². The predicted molar refractivity (Wildman–Crippen MR) is 70.8 cm³/mol. The van der Waals surface area contributed by atoms with Gasteiger partial charge in [-0.3, -0.25) is 0 Å². The highest BCUT2D eigenvalue weighted by Crippen LogP contribution is 2.12. The first-order chi connectivity index (χ1) is 8.65. The molecule has 1 N–H and O–H groups in total. The highest BCUT2D eigenvalue weighted by atomic mass is 16.4. The molecule has 0 heterocycles. The van der Waals surface area contributed by atoms with Gasteiger partial charge in [-0.05, 0) is 31.4 Å². The molecule has 0 radical (unpaired) electrons. The minimum absolute atomic E-state index is 0.307. The van der Waals surface area contributed by atoms with Gasteiger partial charge in [0, 0.05) is 19.3 Å². The second-order valence-electron chi connectivity index (χ2n) is 4.21. The van der Waals surface area contributed by atoms with Crippen molar-refractivity contribution in [2.75, 3.05) is 18.5 Å². The molecule has 98 valence electrons. The molecule has 1 aromatic rings. The summed E-state index contributed by atoms with van der Waals surface area (Å²) in [6, 6.07) is 8.85. The SMILES string of the molecule is CN(CCCC[C@@H](N=O)C(=O)O)c1ccccc1. The predicted octanol–water partition coefficient (Wildman–Crippen LogP) is 2.51. The molecule has 0 fully saturated rings. The Kier molecular flexibility index (Phi) is 5.84. The van der Waals surface area contributed by atoms with Crippen LogP contribution in [0.5, 0.6) is 0 Å². The Morgan fingerprint density at radius 3 is 2.56 bits per heavy atom. The summed E-state index contributed by atoms with van der Waals surface area (Å²) in [7, 11) is 1.99. The van der Waals surface area contributed by atoms with E-state index in [1.807, 2.05) is 37.4 Å². The number of carbonyl (C=O) groups is 1. The van der Waals surface area contributed by atoms with Gasteiger partial charge < -0.3 is 10.0 Å². The van der Waals surface area contributed by atoms with Gasteiger partial charge in [0.25, 0.3) is 0 Å². The number of para-hydroxylation sites is 1. The van der Waals surface area contributed by atoms with Crippen LogP contribution in [0.15, 0.2) is 35.5 Å². The van der Waals surface area contributed by atoms with Crippen molar-refractivity contribution >= 4 is 11.7 Å². The van der Waals surface area contributed by atoms with Crippen molar-refractivity contribution in [3.63, 3.8) is 0 Å². The molecule has 0 aliphatic heterocycles. The van der Waals surface area contributed by atoms with Crippen molar-refractivity contribution in [1.29, 1.82) is 0 Å². The number of anilines is 1. The Morgan fingerprint density at radius 2 is 2.00 bits per heavy atom. The van der Waals surface area contributed by atoms with Gasteiger partial charge in [0.15, 0.2) is 6.04 Å². The number of hydrogen-bond donors (Lipinski definition) is 1. The Labute approximate surface area is 106 Å². The zero-order chi connectivity index (χ0) is 13.4. The lowest BCUT2D eigenvalue weighted by Gasteiger charge is -2.19. The van der Waals surface area contributed by atoms with Gasteiger partial charge in [-0.1, -0.05) is 23.4 Å². The van der Waals surface area contributed by atoms with Crippen LogP contribution in [0.3, 0.4) is 0 Å². The summed E-state index contributed by atoms with van der Waals surface area (Å²) in [5.41, 5.74) is 1.13. The van der Waals surface area contributed by atoms with Crippen molar-refractivity contribution in [1.82, 2.24) is 0 Å². The fourth-order valence-electron chi connectivity index (χ4n) is 1.72. The number of nitrogens with zero attached hydrogens (tertiary/aromatic N) is 2. The molecule has 0 saturated carbocycles. The van der Waals surface area contributed by atoms with E-state index in [1.165, 1.54) is 0 Å². The molecule has 0 spiro atoms. The minimum atomic E-state index is -1.14. The second-order valence-corrected chi connectivity index (χ2v) is 4.21. The van der Waals surface area contributed by atoms with E-state index in [-0.39, 0.29) is 0 Å². The average Bonchev–Trinajstić information content (AvgIpc) is 2.39. The molecule has 0 saturated heterocycles. The van der Waals surface area contributed by atoms with Crippen LogP contribution >= 0.6 is 0 Å². The van der Waals surface area contributed by atoms with Gasteiger partial charge >= 0.3 is 5.97 Å². The van der Waals surface area contributed by atoms with Gasteiger partial charge in [-0.15, -0.1) is 4.91 Å². The Bertz CT molecular complexity index is 381. The average molecular weight is 250 g/mol. The maximum absolute atomic E-state index is 10.6. The van der Waals surface area contributed by atoms with E-state index in [1.54, 1.807) is 0 Å². The molecule has 1 rings (SSSR count). The number of carboxylic acids is 1. The monoisotopic (exact) mass is 250 g/mol. The van der Waals surface area contributed by atoms with E-state index >= 15 is 0 Å². The molecular weight excluding hydrogens is 232 g/mol. The van der Waals surface area contributed by atoms with Gasteiger partial charge in [-0.25, -0.2) is 4.79 Å². The molecule has 0 amide bonds. The van der Waals surface area contributed by atoms with Crippen LogP contribution in [-0.2, 0) is 4.79 Å². The van der Waals surface area contributed by atoms with Crippen LogP contribution in [0.2, 0.25) is 0 Å². The summed E-state index contributed by atoms with van der Waals surface area (Å²) in [6.45, 7) is 0.829. The van der Waals surface area contributed by atoms with Gasteiger partial charge in [-0.2, -0.15) is 0 Å². The highest BCUT2D eigenvalue weighted by Gasteiger charge is 2.16. The lowest BCUT2D eigenvalue weighted by atomic mass is 10.1. The first-order valence-corrected chi connectivity index (χ1v) is 5.96. The zero-order valence-corrected chi connectivity index (χ0v) is 10.5. The van der Waals surface area contributed by atoms with Crippen molar-refractivity contribution in [2.24, 2.45) is 5.18 Å². The van der Waals surface area contributed by atoms with Crippen molar-refractivity contribution in [3.05, 3.63) is 35.2 Å². The Hall–Kier alpha value is -1.91. The van der Waals surface area contributed by atoms with E-state index < -0.39 is 12.0 Å². The van der Waals surface area contributed by atoms with Crippen LogP contribution in [-0.4, -0.2) is 30.7 Å². The molecule has 18 heavy (non-hydrogen) atoms. The van der Waals surface area contributed by atoms with E-state index in [0.29, 0.717) is 12.8 Å². The van der Waals surface area contributed by atoms with Gasteiger partial charge in [0.2, 0.25) is 0 Å². The van der Waals surface area contributed by atoms with Crippen LogP contribution in [0, 0.1) is 4.91 Å². The molecule has 0 aromatic heterocycles. The number of carboxylic acid groups (broad SMARTS) is 1. The lowest BCUT2D eigenvalue weighted by Crippen LogP contribution is -2.20. The van der Waals surface area contributed by atoms with Crippen LogP contribution in [0.1, 0.15) is 19.3 Å². The molecule has 0 bridgehead atoms. The summed E-state index contributed by atoms with van der Waals surface area (Å²) >= 11 is 0. The number of rotatable bonds is 8. The summed E-state index contributed by atoms with van der Waals surface area (Å²) in [5.74, 6) is -1.14. The first kappa shape index (κ1) is 14.2. The van der Waals surface area contributed by atoms with Crippen molar-refractivity contribution in [3.8, 4) is 0 Å². The van der Waals surface area contributed by atoms with Crippen LogP contribution in [0.4, 0.5) is 5.69 Å². The van der Waals surface area contributed by atoms with E-state index in [9.17, 15) is 9.70 Å². The van der Waals surface area contributed by atoms with E-state index in [2.05, 4.69) is 10.1 Å². The van der Waals surface area contributed by atoms with Crippen molar-refractivity contribution < 1.29 is 9.90 Å². The third-order valence-electron chi connectivity index (χ3n) is 2.83. The second kappa shape index (κ2) is 7.42. The third kappa shape index (κ3) is 4.53. The van der Waals surface area contributed by atoms with Crippen LogP contribution in [0.25, 0.3) is 0 Å². The maximum atomic E-state index is 10.6. The van der Waals surface area contributed by atoms with E-state index in [4.69, 9.17) is 5.11 Å². The summed E-state index contributed by atoms with van der Waals surface area (Å²) < 4.78 is 0. The number of nitroso groups, excluding NO2 is 1. The molecule has 1 aromatic carbocycles. The lowest BCUT2D eigenvalue weighted by molar-refractivity contribution is -0.138.